The van der Waals surface area contributed by atoms with Crippen LogP contribution in [0.4, 0.5) is 0 Å². The van der Waals surface area contributed by atoms with Gasteiger partial charge in [0.05, 0.1) is 5.52 Å². The van der Waals surface area contributed by atoms with Crippen LogP contribution in [0.5, 0.6) is 0 Å². The number of aromatic nitrogens is 2. The Balaban J connectivity index is 2.25. The summed E-state index contributed by atoms with van der Waals surface area (Å²) in [4.78, 5) is 3.29. The minimum atomic E-state index is 1.20. The molecule has 2 nitrogen and oxygen atoms in total. The summed E-state index contributed by atoms with van der Waals surface area (Å²) in [5, 5.41) is 1.26. The summed E-state index contributed by atoms with van der Waals surface area (Å²) in [7, 11) is 2.03. The molecular weight excluding hydrogens is 196 g/mol. The Labute approximate surface area is 94.2 Å². The van der Waals surface area contributed by atoms with Gasteiger partial charge in [-0.3, -0.25) is 0 Å². The monoisotopic (exact) mass is 209 g/mol. The van der Waals surface area contributed by atoms with Gasteiger partial charge in [0, 0.05) is 23.9 Å². The minimum absolute atomic E-state index is 1.20. The van der Waals surface area contributed by atoms with Gasteiger partial charge in [-0.2, -0.15) is 0 Å². The van der Waals surface area contributed by atoms with Crippen LogP contribution in [-0.4, -0.2) is 4.98 Å². The van der Waals surface area contributed by atoms with E-state index in [2.05, 4.69) is 53.8 Å². The number of H-pyrrole nitrogens is 1. The fourth-order valence-electron chi connectivity index (χ4n) is 2.01. The number of nitrogens with zero attached hydrogens (tertiary/aromatic N) is 1. The average molecular weight is 209 g/mol. The van der Waals surface area contributed by atoms with E-state index in [1.807, 2.05) is 17.8 Å². The lowest BCUT2D eigenvalue weighted by atomic mass is 10.0. The summed E-state index contributed by atoms with van der Waals surface area (Å²) < 4.78 is 2.04. The molecule has 0 bridgehead atoms. The molecule has 1 aromatic carbocycles. The van der Waals surface area contributed by atoms with E-state index < -0.39 is 0 Å². The maximum Gasteiger partial charge on any atom is 0.169 e. The highest BCUT2D eigenvalue weighted by Crippen LogP contribution is 2.26. The third kappa shape index (κ3) is 1.39. The maximum absolute atomic E-state index is 3.29. The molecule has 3 aromatic rings. The largest absolute Gasteiger partial charge is 0.361 e. The normalized spacial score (nSPS) is 10.8. The van der Waals surface area contributed by atoms with Gasteiger partial charge in [0.2, 0.25) is 0 Å². The van der Waals surface area contributed by atoms with E-state index in [-0.39, 0.29) is 0 Å². The number of hydrogen-bond acceptors (Lipinski definition) is 0. The SMILES string of the molecule is C[n+]1ccc(-c2cccc3cc[nH]c23)cc1. The van der Waals surface area contributed by atoms with Crippen molar-refractivity contribution < 1.29 is 4.57 Å². The van der Waals surface area contributed by atoms with Crippen molar-refractivity contribution in [3.63, 3.8) is 0 Å². The second kappa shape index (κ2) is 3.49. The minimum Gasteiger partial charge on any atom is -0.361 e. The molecule has 0 amide bonds. The van der Waals surface area contributed by atoms with Crippen LogP contribution in [-0.2, 0) is 7.05 Å². The maximum atomic E-state index is 3.29. The van der Waals surface area contributed by atoms with Crippen molar-refractivity contribution in [1.82, 2.24) is 4.98 Å². The zero-order valence-corrected chi connectivity index (χ0v) is 9.14. The first-order valence-electron chi connectivity index (χ1n) is 5.36. The number of aryl methyl sites for hydroxylation is 1. The van der Waals surface area contributed by atoms with Crippen LogP contribution in [0.25, 0.3) is 22.0 Å². The van der Waals surface area contributed by atoms with Crippen molar-refractivity contribution in [1.29, 1.82) is 0 Å². The molecule has 1 N–H and O–H groups in total. The lowest BCUT2D eigenvalue weighted by Crippen LogP contribution is -2.25. The van der Waals surface area contributed by atoms with Gasteiger partial charge >= 0.3 is 0 Å². The van der Waals surface area contributed by atoms with Crippen LogP contribution in [0.3, 0.4) is 0 Å². The van der Waals surface area contributed by atoms with Crippen LogP contribution in [0, 0.1) is 0 Å². The first-order valence-corrected chi connectivity index (χ1v) is 5.36. The summed E-state index contributed by atoms with van der Waals surface area (Å²) in [5.41, 5.74) is 3.70. The zero-order valence-electron chi connectivity index (χ0n) is 9.14. The molecule has 0 atom stereocenters. The van der Waals surface area contributed by atoms with Gasteiger partial charge in [0.15, 0.2) is 12.4 Å². The van der Waals surface area contributed by atoms with Crippen molar-refractivity contribution in [2.75, 3.05) is 0 Å². The molecule has 0 radical (unpaired) electrons. The summed E-state index contributed by atoms with van der Waals surface area (Å²) >= 11 is 0. The Morgan fingerprint density at radius 3 is 2.62 bits per heavy atom. The molecule has 0 aliphatic carbocycles. The van der Waals surface area contributed by atoms with Gasteiger partial charge < -0.3 is 4.98 Å². The van der Waals surface area contributed by atoms with Crippen LogP contribution in [0.1, 0.15) is 0 Å². The van der Waals surface area contributed by atoms with Crippen LogP contribution in [0.2, 0.25) is 0 Å². The third-order valence-electron chi connectivity index (χ3n) is 2.88. The highest BCUT2D eigenvalue weighted by molar-refractivity contribution is 5.93. The van der Waals surface area contributed by atoms with Crippen LogP contribution in [0.15, 0.2) is 55.0 Å². The molecule has 2 heterocycles. The predicted octanol–water partition coefficient (Wildman–Crippen LogP) is 2.66. The van der Waals surface area contributed by atoms with Crippen molar-refractivity contribution >= 4 is 10.9 Å². The Morgan fingerprint density at radius 1 is 1.00 bits per heavy atom. The van der Waals surface area contributed by atoms with Crippen LogP contribution >= 0.6 is 0 Å². The van der Waals surface area contributed by atoms with E-state index in [4.69, 9.17) is 0 Å². The standard InChI is InChI=1S/C14H12N2/c1-16-9-6-11(7-10-16)13-4-2-3-12-5-8-15-14(12)13/h2-10H,1H3/p+1. The number of pyridine rings is 1. The first-order chi connectivity index (χ1) is 7.84. The number of hydrogen-bond donors (Lipinski definition) is 1. The number of para-hydroxylation sites is 1. The summed E-state index contributed by atoms with van der Waals surface area (Å²) in [5.74, 6) is 0. The molecule has 2 heteroatoms. The molecule has 0 saturated carbocycles. The lowest BCUT2D eigenvalue weighted by Gasteiger charge is -2.02. The lowest BCUT2D eigenvalue weighted by molar-refractivity contribution is -0.671. The summed E-state index contributed by atoms with van der Waals surface area (Å²) in [6, 6.07) is 12.7. The second-order valence-electron chi connectivity index (χ2n) is 4.00. The fraction of sp³-hybridized carbons (Fsp3) is 0.0714. The number of benzene rings is 1. The van der Waals surface area contributed by atoms with Gasteiger partial charge in [-0.05, 0) is 17.0 Å². The molecule has 0 unspecified atom stereocenters. The Bertz CT molecular complexity index is 621. The second-order valence-corrected chi connectivity index (χ2v) is 4.00. The molecule has 3 rings (SSSR count). The number of rotatable bonds is 1. The Hall–Kier alpha value is -2.09. The molecule has 0 aliphatic heterocycles. The molecule has 16 heavy (non-hydrogen) atoms. The van der Waals surface area contributed by atoms with Crippen molar-refractivity contribution in [2.45, 2.75) is 0 Å². The Kier molecular flexibility index (Phi) is 2.00. The molecule has 0 spiro atoms. The Morgan fingerprint density at radius 2 is 1.81 bits per heavy atom. The van der Waals surface area contributed by atoms with E-state index in [1.165, 1.54) is 22.0 Å². The molecule has 78 valence electrons. The number of aromatic amines is 1. The van der Waals surface area contributed by atoms with E-state index in [1.54, 1.807) is 0 Å². The van der Waals surface area contributed by atoms with Crippen molar-refractivity contribution in [2.24, 2.45) is 7.05 Å². The van der Waals surface area contributed by atoms with E-state index in [0.29, 0.717) is 0 Å². The van der Waals surface area contributed by atoms with Crippen LogP contribution < -0.4 is 4.57 Å². The van der Waals surface area contributed by atoms with Crippen molar-refractivity contribution in [3.8, 4) is 11.1 Å². The molecule has 2 aromatic heterocycles. The topological polar surface area (TPSA) is 19.7 Å². The van der Waals surface area contributed by atoms with Gasteiger partial charge in [-0.1, -0.05) is 18.2 Å². The van der Waals surface area contributed by atoms with Gasteiger partial charge in [-0.25, -0.2) is 4.57 Å². The molecule has 0 fully saturated rings. The number of nitrogens with one attached hydrogen (secondary N) is 1. The quantitative estimate of drug-likeness (QED) is 0.594. The first kappa shape index (κ1) is 9.16. The summed E-state index contributed by atoms with van der Waals surface area (Å²) in [6.07, 6.45) is 6.12. The summed E-state index contributed by atoms with van der Waals surface area (Å²) in [6.45, 7) is 0. The van der Waals surface area contributed by atoms with Gasteiger partial charge in [-0.15, -0.1) is 0 Å². The smallest absolute Gasteiger partial charge is 0.169 e. The molecule has 0 aliphatic rings. The van der Waals surface area contributed by atoms with Crippen molar-refractivity contribution in [3.05, 3.63) is 55.0 Å². The molecular formula is C14H13N2+. The zero-order chi connectivity index (χ0) is 11.0. The van der Waals surface area contributed by atoms with E-state index >= 15 is 0 Å². The van der Waals surface area contributed by atoms with E-state index in [0.717, 1.165) is 0 Å². The molecule has 0 saturated heterocycles. The third-order valence-corrected chi connectivity index (χ3v) is 2.88. The highest BCUT2D eigenvalue weighted by Gasteiger charge is 2.05. The fourth-order valence-corrected chi connectivity index (χ4v) is 2.01. The predicted molar refractivity (Wildman–Crippen MR) is 64.9 cm³/mol. The van der Waals surface area contributed by atoms with Gasteiger partial charge in [0.1, 0.15) is 7.05 Å². The number of fused-ring (bicyclic) bond motifs is 1. The van der Waals surface area contributed by atoms with Gasteiger partial charge in [0.25, 0.3) is 0 Å². The highest BCUT2D eigenvalue weighted by atomic mass is 14.9. The average Bonchev–Trinajstić information content (AvgIpc) is 2.78. The van der Waals surface area contributed by atoms with E-state index in [9.17, 15) is 0 Å².